The number of amides is 1. The number of nitrogens with one attached hydrogen (secondary N) is 2. The van der Waals surface area contributed by atoms with Crippen molar-refractivity contribution in [1.82, 2.24) is 5.32 Å². The van der Waals surface area contributed by atoms with Gasteiger partial charge in [0.1, 0.15) is 18.1 Å². The van der Waals surface area contributed by atoms with Crippen molar-refractivity contribution in [3.63, 3.8) is 0 Å². The second-order valence-electron chi connectivity index (χ2n) is 5.35. The average Bonchev–Trinajstić information content (AvgIpc) is 2.65. The number of thiocarbonyl (C=S) groups is 1. The molecule has 0 spiro atoms. The molecule has 0 unspecified atom stereocenters. The molecule has 0 bridgehead atoms. The van der Waals surface area contributed by atoms with E-state index in [-0.39, 0.29) is 11.0 Å². The fourth-order valence-electron chi connectivity index (χ4n) is 2.13. The van der Waals surface area contributed by atoms with Gasteiger partial charge in [0.15, 0.2) is 5.11 Å². The van der Waals surface area contributed by atoms with Crippen molar-refractivity contribution in [3.8, 4) is 11.5 Å². The Labute approximate surface area is 172 Å². The van der Waals surface area contributed by atoms with Crippen LogP contribution in [0.4, 0.5) is 5.69 Å². The Kier molecular flexibility index (Phi) is 8.50. The molecule has 0 aliphatic rings. The molecule has 2 aromatic carbocycles. The molecule has 0 atom stereocenters. The standard InChI is InChI=1S/C19H21BrN2O4S/c1-3-25-15-7-5-14(6-8-15)21-19(27)22-18(23)13-4-9-17(16(20)12-13)26-11-10-24-2/h4-9,12H,3,10-11H2,1-2H3,(H2,21,22,23,27). The van der Waals surface area contributed by atoms with E-state index >= 15 is 0 Å². The van der Waals surface area contributed by atoms with Gasteiger partial charge in [0.2, 0.25) is 0 Å². The van der Waals surface area contributed by atoms with Gasteiger partial charge < -0.3 is 19.5 Å². The zero-order valence-electron chi connectivity index (χ0n) is 15.1. The predicted molar refractivity (Wildman–Crippen MR) is 113 cm³/mol. The van der Waals surface area contributed by atoms with Gasteiger partial charge in [-0.05, 0) is 77.5 Å². The first kappa shape index (κ1) is 21.1. The molecule has 2 N–H and O–H groups in total. The zero-order valence-corrected chi connectivity index (χ0v) is 17.5. The molecule has 2 rings (SSSR count). The first-order chi connectivity index (χ1) is 13.0. The van der Waals surface area contributed by atoms with Gasteiger partial charge in [-0.1, -0.05) is 0 Å². The highest BCUT2D eigenvalue weighted by Crippen LogP contribution is 2.26. The highest BCUT2D eigenvalue weighted by atomic mass is 79.9. The number of carbonyl (C=O) groups is 1. The Morgan fingerprint density at radius 3 is 2.48 bits per heavy atom. The lowest BCUT2D eigenvalue weighted by molar-refractivity contribution is 0.0977. The van der Waals surface area contributed by atoms with Crippen LogP contribution in [0.15, 0.2) is 46.9 Å². The molecule has 0 radical (unpaired) electrons. The van der Waals surface area contributed by atoms with Crippen LogP contribution < -0.4 is 20.1 Å². The van der Waals surface area contributed by atoms with E-state index in [4.69, 9.17) is 26.4 Å². The molecular formula is C19H21BrN2O4S. The van der Waals surface area contributed by atoms with Gasteiger partial charge in [-0.15, -0.1) is 0 Å². The van der Waals surface area contributed by atoms with Crippen LogP contribution in [-0.4, -0.2) is 38.0 Å². The summed E-state index contributed by atoms with van der Waals surface area (Å²) in [6.07, 6.45) is 0. The van der Waals surface area contributed by atoms with Crippen LogP contribution in [0.3, 0.4) is 0 Å². The highest BCUT2D eigenvalue weighted by Gasteiger charge is 2.11. The van der Waals surface area contributed by atoms with Crippen LogP contribution in [0.1, 0.15) is 17.3 Å². The van der Waals surface area contributed by atoms with E-state index in [0.717, 1.165) is 11.4 Å². The van der Waals surface area contributed by atoms with Crippen molar-refractivity contribution in [2.75, 3.05) is 32.2 Å². The van der Waals surface area contributed by atoms with Crippen LogP contribution in [0.5, 0.6) is 11.5 Å². The van der Waals surface area contributed by atoms with E-state index in [1.165, 1.54) is 0 Å². The summed E-state index contributed by atoms with van der Waals surface area (Å²) in [4.78, 5) is 12.4. The van der Waals surface area contributed by atoms with Crippen LogP contribution in [0.25, 0.3) is 0 Å². The molecule has 6 nitrogen and oxygen atoms in total. The van der Waals surface area contributed by atoms with Crippen LogP contribution in [0, 0.1) is 0 Å². The number of rotatable bonds is 8. The van der Waals surface area contributed by atoms with E-state index in [9.17, 15) is 4.79 Å². The number of halogens is 1. The van der Waals surface area contributed by atoms with E-state index in [1.807, 2.05) is 31.2 Å². The second-order valence-corrected chi connectivity index (χ2v) is 6.61. The van der Waals surface area contributed by atoms with Gasteiger partial charge in [-0.3, -0.25) is 10.1 Å². The lowest BCUT2D eigenvalue weighted by atomic mass is 10.2. The molecule has 0 saturated carbocycles. The third kappa shape index (κ3) is 6.82. The van der Waals surface area contributed by atoms with Crippen molar-refractivity contribution < 1.29 is 19.0 Å². The summed E-state index contributed by atoms with van der Waals surface area (Å²) in [5, 5.41) is 5.83. The number of hydrogen-bond acceptors (Lipinski definition) is 5. The maximum atomic E-state index is 12.4. The molecule has 0 heterocycles. The van der Waals surface area contributed by atoms with E-state index in [1.54, 1.807) is 25.3 Å². The Morgan fingerprint density at radius 1 is 1.11 bits per heavy atom. The summed E-state index contributed by atoms with van der Waals surface area (Å²) in [6.45, 7) is 3.44. The van der Waals surface area contributed by atoms with Gasteiger partial charge in [-0.2, -0.15) is 0 Å². The molecule has 0 fully saturated rings. The van der Waals surface area contributed by atoms with E-state index < -0.39 is 0 Å². The summed E-state index contributed by atoms with van der Waals surface area (Å²) < 4.78 is 16.6. The van der Waals surface area contributed by atoms with E-state index in [2.05, 4.69) is 26.6 Å². The predicted octanol–water partition coefficient (Wildman–Crippen LogP) is 4.00. The van der Waals surface area contributed by atoms with Crippen molar-refractivity contribution in [2.24, 2.45) is 0 Å². The summed E-state index contributed by atoms with van der Waals surface area (Å²) in [7, 11) is 1.61. The maximum absolute atomic E-state index is 12.4. The molecule has 0 aromatic heterocycles. The third-order valence-corrected chi connectivity index (χ3v) is 4.21. The van der Waals surface area contributed by atoms with Crippen molar-refractivity contribution in [3.05, 3.63) is 52.5 Å². The van der Waals surface area contributed by atoms with Crippen molar-refractivity contribution in [1.29, 1.82) is 0 Å². The third-order valence-electron chi connectivity index (χ3n) is 3.39. The maximum Gasteiger partial charge on any atom is 0.257 e. The molecule has 2 aromatic rings. The molecule has 0 aliphatic carbocycles. The summed E-state index contributed by atoms with van der Waals surface area (Å²) in [5.74, 6) is 1.09. The Balaban J connectivity index is 1.91. The molecule has 1 amide bonds. The number of methoxy groups -OCH3 is 1. The Morgan fingerprint density at radius 2 is 1.85 bits per heavy atom. The van der Waals surface area contributed by atoms with Crippen LogP contribution in [-0.2, 0) is 4.74 Å². The molecule has 0 saturated heterocycles. The molecular weight excluding hydrogens is 432 g/mol. The Hall–Kier alpha value is -2.16. The van der Waals surface area contributed by atoms with Crippen molar-refractivity contribution >= 4 is 44.9 Å². The van der Waals surface area contributed by atoms with Gasteiger partial charge in [0, 0.05) is 18.4 Å². The largest absolute Gasteiger partial charge is 0.494 e. The lowest BCUT2D eigenvalue weighted by Gasteiger charge is -2.12. The second kappa shape index (κ2) is 10.9. The van der Waals surface area contributed by atoms with Gasteiger partial charge in [-0.25, -0.2) is 0 Å². The molecule has 144 valence electrons. The normalized spacial score (nSPS) is 10.2. The average molecular weight is 453 g/mol. The summed E-state index contributed by atoms with van der Waals surface area (Å²) in [5.41, 5.74) is 1.21. The smallest absolute Gasteiger partial charge is 0.257 e. The van der Waals surface area contributed by atoms with Gasteiger partial charge in [0.25, 0.3) is 5.91 Å². The molecule has 27 heavy (non-hydrogen) atoms. The molecule has 0 aliphatic heterocycles. The van der Waals surface area contributed by atoms with E-state index in [0.29, 0.717) is 35.6 Å². The minimum atomic E-state index is -0.317. The van der Waals surface area contributed by atoms with Crippen molar-refractivity contribution in [2.45, 2.75) is 6.92 Å². The fraction of sp³-hybridized carbons (Fsp3) is 0.263. The zero-order chi connectivity index (χ0) is 19.6. The minimum Gasteiger partial charge on any atom is -0.494 e. The number of carbonyl (C=O) groups excluding carboxylic acids is 1. The van der Waals surface area contributed by atoms with Gasteiger partial charge in [0.05, 0.1) is 17.7 Å². The lowest BCUT2D eigenvalue weighted by Crippen LogP contribution is -2.34. The summed E-state index contributed by atoms with van der Waals surface area (Å²) in [6, 6.07) is 12.4. The number of hydrogen-bond donors (Lipinski definition) is 2. The quantitative estimate of drug-likeness (QED) is 0.465. The fourth-order valence-corrected chi connectivity index (χ4v) is 2.84. The minimum absolute atomic E-state index is 0.209. The first-order valence-corrected chi connectivity index (χ1v) is 9.50. The number of benzene rings is 2. The van der Waals surface area contributed by atoms with Crippen LogP contribution >= 0.6 is 28.1 Å². The topological polar surface area (TPSA) is 68.8 Å². The SMILES string of the molecule is CCOc1ccc(NC(=S)NC(=O)c2ccc(OCCOC)c(Br)c2)cc1. The molecule has 8 heteroatoms. The Bertz CT molecular complexity index is 784. The highest BCUT2D eigenvalue weighted by molar-refractivity contribution is 9.10. The first-order valence-electron chi connectivity index (χ1n) is 8.30. The monoisotopic (exact) mass is 452 g/mol. The van der Waals surface area contributed by atoms with Gasteiger partial charge >= 0.3 is 0 Å². The number of ether oxygens (including phenoxy) is 3. The van der Waals surface area contributed by atoms with Crippen LogP contribution in [0.2, 0.25) is 0 Å². The number of anilines is 1. The summed E-state index contributed by atoms with van der Waals surface area (Å²) >= 11 is 8.60.